The largest absolute Gasteiger partial charge is 0.333 e. The first-order chi connectivity index (χ1) is 20.2. The maximum Gasteiger partial charge on any atom is 0.101 e. The number of nitrogens with zero attached hydrogens (tertiary/aromatic N) is 3. The van der Waals surface area contributed by atoms with Crippen LogP contribution in [0.2, 0.25) is 0 Å². The van der Waals surface area contributed by atoms with Gasteiger partial charge in [0.2, 0.25) is 0 Å². The van der Waals surface area contributed by atoms with Crippen LogP contribution in [-0.2, 0) is 5.41 Å². The highest BCUT2D eigenvalue weighted by molar-refractivity contribution is 6.09. The van der Waals surface area contributed by atoms with Crippen molar-refractivity contribution in [3.05, 3.63) is 156 Å². The zero-order valence-electron chi connectivity index (χ0n) is 22.9. The lowest BCUT2D eigenvalue weighted by atomic mass is 9.76. The highest BCUT2D eigenvalue weighted by Gasteiger charge is 2.46. The van der Waals surface area contributed by atoms with Crippen molar-refractivity contribution in [1.29, 1.82) is 5.26 Å². The SMILES string of the molecule is C[C@]12C=CC=CC1N(C1=CC(c3cccc(C#N)c3-n3c4ccccc4c4ccccc43)CC=C1)c1ccccc12. The van der Waals surface area contributed by atoms with E-state index in [1.54, 1.807) is 0 Å². The predicted octanol–water partition coefficient (Wildman–Crippen LogP) is 8.86. The number of rotatable bonds is 3. The van der Waals surface area contributed by atoms with E-state index in [9.17, 15) is 5.26 Å². The third-order valence-electron chi connectivity index (χ3n) is 9.20. The quantitative estimate of drug-likeness (QED) is 0.235. The molecule has 0 saturated carbocycles. The Balaban J connectivity index is 1.33. The van der Waals surface area contributed by atoms with Crippen LogP contribution in [-0.4, -0.2) is 10.6 Å². The molecule has 0 bridgehead atoms. The summed E-state index contributed by atoms with van der Waals surface area (Å²) in [5.74, 6) is 0.125. The fraction of sp³-hybridized carbons (Fsp3) is 0.132. The van der Waals surface area contributed by atoms with Crippen LogP contribution >= 0.6 is 0 Å². The standard InChI is InChI=1S/C38H29N3/c1-38-23-9-8-22-36(38)40(35-21-7-4-18-32(35)38)28-14-10-12-26(24-28)29-17-11-13-27(25-39)37(29)41-33-19-5-2-15-30(33)31-16-3-6-20-34(31)41/h2-11,13-24,26,36H,12H2,1H3/t26?,36?,38-/m1/s1. The number of hydrogen-bond acceptors (Lipinski definition) is 2. The molecular weight excluding hydrogens is 498 g/mol. The van der Waals surface area contributed by atoms with Gasteiger partial charge in [0, 0.05) is 33.5 Å². The average molecular weight is 528 g/mol. The van der Waals surface area contributed by atoms with Gasteiger partial charge in [-0.1, -0.05) is 103 Å². The van der Waals surface area contributed by atoms with Crippen LogP contribution in [0, 0.1) is 11.3 Å². The lowest BCUT2D eigenvalue weighted by Crippen LogP contribution is -2.41. The minimum absolute atomic E-state index is 0.0815. The Bertz CT molecular complexity index is 1970. The molecular formula is C38H29N3. The molecule has 5 aromatic rings. The number of aromatic nitrogens is 1. The molecule has 0 amide bonds. The van der Waals surface area contributed by atoms with Crippen LogP contribution in [0.1, 0.15) is 36.0 Å². The fourth-order valence-electron chi connectivity index (χ4n) is 7.32. The summed E-state index contributed by atoms with van der Waals surface area (Å²) in [5, 5.41) is 12.8. The van der Waals surface area contributed by atoms with Gasteiger partial charge in [0.15, 0.2) is 0 Å². The van der Waals surface area contributed by atoms with Crippen molar-refractivity contribution in [3.63, 3.8) is 0 Å². The zero-order valence-corrected chi connectivity index (χ0v) is 22.9. The Kier molecular flexibility index (Phi) is 5.21. The Labute approximate surface area is 240 Å². The Morgan fingerprint density at radius 2 is 1.56 bits per heavy atom. The second-order valence-corrected chi connectivity index (χ2v) is 11.4. The first-order valence-electron chi connectivity index (χ1n) is 14.3. The molecule has 3 aliphatic rings. The number of nitriles is 1. The van der Waals surface area contributed by atoms with E-state index < -0.39 is 0 Å². The van der Waals surface area contributed by atoms with Crippen LogP contribution in [0.5, 0.6) is 0 Å². The number of allylic oxidation sites excluding steroid dienone is 5. The zero-order chi connectivity index (χ0) is 27.6. The molecule has 1 aromatic heterocycles. The van der Waals surface area contributed by atoms with Crippen LogP contribution in [0.3, 0.4) is 0 Å². The van der Waals surface area contributed by atoms with Crippen molar-refractivity contribution >= 4 is 27.5 Å². The second-order valence-electron chi connectivity index (χ2n) is 11.4. The summed E-state index contributed by atoms with van der Waals surface area (Å²) in [6, 6.07) is 34.8. The van der Waals surface area contributed by atoms with Crippen LogP contribution in [0.25, 0.3) is 27.5 Å². The summed E-state index contributed by atoms with van der Waals surface area (Å²) in [4.78, 5) is 2.51. The highest BCUT2D eigenvalue weighted by atomic mass is 15.2. The summed E-state index contributed by atoms with van der Waals surface area (Å²) < 4.78 is 2.31. The maximum atomic E-state index is 10.4. The summed E-state index contributed by atoms with van der Waals surface area (Å²) in [5.41, 5.74) is 8.84. The number of para-hydroxylation sites is 4. The predicted molar refractivity (Wildman–Crippen MR) is 168 cm³/mol. The first kappa shape index (κ1) is 23.8. The molecule has 3 atom stereocenters. The van der Waals surface area contributed by atoms with E-state index in [2.05, 4.69) is 144 Å². The Morgan fingerprint density at radius 3 is 2.34 bits per heavy atom. The molecule has 0 spiro atoms. The highest BCUT2D eigenvalue weighted by Crippen LogP contribution is 2.50. The number of benzene rings is 4. The van der Waals surface area contributed by atoms with Crippen molar-refractivity contribution < 1.29 is 0 Å². The van der Waals surface area contributed by atoms with Crippen molar-refractivity contribution in [3.8, 4) is 11.8 Å². The van der Waals surface area contributed by atoms with E-state index in [1.807, 2.05) is 12.1 Å². The molecule has 0 saturated heterocycles. The van der Waals surface area contributed by atoms with Gasteiger partial charge in [0.25, 0.3) is 0 Å². The first-order valence-corrected chi connectivity index (χ1v) is 14.3. The minimum atomic E-state index is -0.0815. The number of anilines is 1. The van der Waals surface area contributed by atoms with Gasteiger partial charge in [-0.3, -0.25) is 0 Å². The molecule has 4 aromatic carbocycles. The fourth-order valence-corrected chi connectivity index (χ4v) is 7.32. The van der Waals surface area contributed by atoms with E-state index in [-0.39, 0.29) is 17.4 Å². The van der Waals surface area contributed by atoms with Crippen molar-refractivity contribution in [2.24, 2.45) is 0 Å². The summed E-state index contributed by atoms with van der Waals surface area (Å²) in [7, 11) is 0. The van der Waals surface area contributed by atoms with Gasteiger partial charge in [-0.15, -0.1) is 0 Å². The topological polar surface area (TPSA) is 32.0 Å². The molecule has 0 radical (unpaired) electrons. The van der Waals surface area contributed by atoms with E-state index in [0.717, 1.165) is 23.1 Å². The lowest BCUT2D eigenvalue weighted by Gasteiger charge is -2.36. The van der Waals surface area contributed by atoms with Gasteiger partial charge >= 0.3 is 0 Å². The third-order valence-corrected chi connectivity index (χ3v) is 9.20. The molecule has 8 rings (SSSR count). The van der Waals surface area contributed by atoms with Crippen LogP contribution in [0.15, 0.2) is 139 Å². The van der Waals surface area contributed by atoms with Crippen LogP contribution < -0.4 is 4.90 Å². The van der Waals surface area contributed by atoms with Crippen molar-refractivity contribution in [1.82, 2.24) is 4.57 Å². The minimum Gasteiger partial charge on any atom is -0.333 e. The van der Waals surface area contributed by atoms with E-state index >= 15 is 0 Å². The molecule has 0 fully saturated rings. The van der Waals surface area contributed by atoms with Gasteiger partial charge < -0.3 is 9.47 Å². The van der Waals surface area contributed by atoms with E-state index in [4.69, 9.17) is 0 Å². The molecule has 41 heavy (non-hydrogen) atoms. The van der Waals surface area contributed by atoms with Gasteiger partial charge in [-0.25, -0.2) is 0 Å². The molecule has 196 valence electrons. The second kappa shape index (κ2) is 8.98. The van der Waals surface area contributed by atoms with Crippen molar-refractivity contribution in [2.45, 2.75) is 30.7 Å². The molecule has 3 nitrogen and oxygen atoms in total. The number of hydrogen-bond donors (Lipinski definition) is 0. The lowest BCUT2D eigenvalue weighted by molar-refractivity contribution is 0.543. The van der Waals surface area contributed by atoms with Gasteiger partial charge in [0.05, 0.1) is 28.3 Å². The van der Waals surface area contributed by atoms with Crippen molar-refractivity contribution in [2.75, 3.05) is 4.90 Å². The summed E-state index contributed by atoms with van der Waals surface area (Å²) >= 11 is 0. The van der Waals surface area contributed by atoms with Crippen LogP contribution in [0.4, 0.5) is 5.69 Å². The molecule has 0 N–H and O–H groups in total. The van der Waals surface area contributed by atoms with E-state index in [1.165, 1.54) is 33.3 Å². The van der Waals surface area contributed by atoms with Gasteiger partial charge in [-0.2, -0.15) is 5.26 Å². The monoisotopic (exact) mass is 527 g/mol. The maximum absolute atomic E-state index is 10.4. The third kappa shape index (κ3) is 3.38. The Morgan fingerprint density at radius 1 is 0.829 bits per heavy atom. The smallest absolute Gasteiger partial charge is 0.101 e. The average Bonchev–Trinajstić information content (AvgIpc) is 3.50. The molecule has 2 aliphatic carbocycles. The molecule has 2 unspecified atom stereocenters. The molecule has 1 aliphatic heterocycles. The number of fused-ring (bicyclic) bond motifs is 6. The molecule has 3 heteroatoms. The van der Waals surface area contributed by atoms with Gasteiger partial charge in [-0.05, 0) is 54.8 Å². The summed E-state index contributed by atoms with van der Waals surface area (Å²) in [6.07, 6.45) is 16.9. The summed E-state index contributed by atoms with van der Waals surface area (Å²) in [6.45, 7) is 2.35. The normalized spacial score (nSPS) is 22.5. The van der Waals surface area contributed by atoms with E-state index in [0.29, 0.717) is 5.56 Å². The van der Waals surface area contributed by atoms with Gasteiger partial charge in [0.1, 0.15) is 6.07 Å². The molecule has 2 heterocycles. The Hall–Kier alpha value is -5.07.